The van der Waals surface area contributed by atoms with Crippen LogP contribution in [0.25, 0.3) is 0 Å². The van der Waals surface area contributed by atoms with Crippen LogP contribution in [0.2, 0.25) is 0 Å². The Morgan fingerprint density at radius 2 is 2.43 bits per heavy atom. The zero-order valence-electron chi connectivity index (χ0n) is 8.69. The third-order valence-electron chi connectivity index (χ3n) is 2.71. The van der Waals surface area contributed by atoms with Crippen LogP contribution in [-0.4, -0.2) is 36.6 Å². The fraction of sp³-hybridized carbons (Fsp3) is 0.800. The molecule has 78 valence electrons. The maximum absolute atomic E-state index is 11.5. The molecule has 0 spiro atoms. The molecule has 1 fully saturated rings. The van der Waals surface area contributed by atoms with Crippen LogP contribution in [0.1, 0.15) is 26.2 Å². The summed E-state index contributed by atoms with van der Waals surface area (Å²) in [6, 6.07) is 2.08. The van der Waals surface area contributed by atoms with Crippen LogP contribution in [0.4, 0.5) is 0 Å². The van der Waals surface area contributed by atoms with Crippen molar-refractivity contribution in [1.82, 2.24) is 4.90 Å². The van der Waals surface area contributed by atoms with Crippen molar-refractivity contribution in [3.63, 3.8) is 0 Å². The fourth-order valence-corrected chi connectivity index (χ4v) is 1.88. The Balaban J connectivity index is 2.50. The number of piperidine rings is 1. The number of amides is 1. The van der Waals surface area contributed by atoms with Crippen molar-refractivity contribution in [3.05, 3.63) is 0 Å². The number of ether oxygens (including phenoxy) is 1. The Labute approximate surface area is 84.4 Å². The molecule has 14 heavy (non-hydrogen) atoms. The molecule has 2 atom stereocenters. The fourth-order valence-electron chi connectivity index (χ4n) is 1.88. The Kier molecular flexibility index (Phi) is 3.90. The lowest BCUT2D eigenvalue weighted by Crippen LogP contribution is -2.46. The van der Waals surface area contributed by atoms with Gasteiger partial charge in [-0.05, 0) is 19.8 Å². The number of carbonyl (C=O) groups is 1. The van der Waals surface area contributed by atoms with Gasteiger partial charge in [0.2, 0.25) is 5.91 Å². The average molecular weight is 196 g/mol. The molecule has 1 aliphatic heterocycles. The first kappa shape index (κ1) is 11.0. The van der Waals surface area contributed by atoms with E-state index in [4.69, 9.17) is 10.00 Å². The van der Waals surface area contributed by atoms with Gasteiger partial charge in [-0.1, -0.05) is 0 Å². The van der Waals surface area contributed by atoms with E-state index < -0.39 is 0 Å². The Bertz CT molecular complexity index is 247. The lowest BCUT2D eigenvalue weighted by Gasteiger charge is -2.36. The summed E-state index contributed by atoms with van der Waals surface area (Å²) >= 11 is 0. The second-order valence-electron chi connectivity index (χ2n) is 3.65. The highest BCUT2D eigenvalue weighted by Gasteiger charge is 2.28. The summed E-state index contributed by atoms with van der Waals surface area (Å²) < 4.78 is 5.25. The maximum Gasteiger partial charge on any atom is 0.237 e. The summed E-state index contributed by atoms with van der Waals surface area (Å²) in [6.45, 7) is 2.71. The van der Waals surface area contributed by atoms with E-state index in [1.165, 1.54) is 0 Å². The monoisotopic (exact) mass is 196 g/mol. The minimum absolute atomic E-state index is 0.0119. The van der Waals surface area contributed by atoms with E-state index in [1.54, 1.807) is 12.0 Å². The van der Waals surface area contributed by atoms with E-state index in [0.717, 1.165) is 12.8 Å². The third kappa shape index (κ3) is 2.46. The van der Waals surface area contributed by atoms with E-state index in [1.807, 2.05) is 13.0 Å². The van der Waals surface area contributed by atoms with Crippen LogP contribution in [-0.2, 0) is 9.53 Å². The van der Waals surface area contributed by atoms with Crippen LogP contribution >= 0.6 is 0 Å². The topological polar surface area (TPSA) is 53.3 Å². The minimum Gasteiger partial charge on any atom is -0.381 e. The van der Waals surface area contributed by atoms with Crippen LogP contribution in [0.5, 0.6) is 0 Å². The van der Waals surface area contributed by atoms with E-state index in [2.05, 4.69) is 0 Å². The predicted molar refractivity (Wildman–Crippen MR) is 51.4 cm³/mol. The Hall–Kier alpha value is -1.08. The molecule has 4 heteroatoms. The molecule has 1 aliphatic rings. The maximum atomic E-state index is 11.5. The van der Waals surface area contributed by atoms with Crippen molar-refractivity contribution < 1.29 is 9.53 Å². The molecule has 0 saturated carbocycles. The first-order chi connectivity index (χ1) is 6.69. The quantitative estimate of drug-likeness (QED) is 0.660. The smallest absolute Gasteiger partial charge is 0.237 e. The molecule has 1 heterocycles. The molecule has 0 aliphatic carbocycles. The standard InChI is InChI=1S/C10H16N2O2/c1-8-7-9(14-2)4-6-12(8)10(13)3-5-11/h8-9H,3-4,6-7H2,1-2H3/t8-,9-/m0/s1. The predicted octanol–water partition coefficient (Wildman–Crippen LogP) is 0.926. The first-order valence-corrected chi connectivity index (χ1v) is 4.88. The molecule has 0 radical (unpaired) electrons. The van der Waals surface area contributed by atoms with Crippen LogP contribution in [0.3, 0.4) is 0 Å². The number of rotatable bonds is 2. The second-order valence-corrected chi connectivity index (χ2v) is 3.65. The molecule has 1 saturated heterocycles. The number of nitriles is 1. The molecule has 0 unspecified atom stereocenters. The molecule has 1 rings (SSSR count). The number of carbonyl (C=O) groups excluding carboxylic acids is 1. The van der Waals surface area contributed by atoms with Crippen molar-refractivity contribution in [2.24, 2.45) is 0 Å². The van der Waals surface area contributed by atoms with Crippen molar-refractivity contribution in [2.45, 2.75) is 38.3 Å². The molecule has 0 aromatic rings. The highest BCUT2D eigenvalue weighted by molar-refractivity contribution is 5.78. The Morgan fingerprint density at radius 3 is 2.93 bits per heavy atom. The van der Waals surface area contributed by atoms with E-state index >= 15 is 0 Å². The third-order valence-corrected chi connectivity index (χ3v) is 2.71. The lowest BCUT2D eigenvalue weighted by atomic mass is 10.0. The Morgan fingerprint density at radius 1 is 1.71 bits per heavy atom. The van der Waals surface area contributed by atoms with Gasteiger partial charge in [0.25, 0.3) is 0 Å². The number of nitrogens with zero attached hydrogens (tertiary/aromatic N) is 2. The van der Waals surface area contributed by atoms with Crippen molar-refractivity contribution in [1.29, 1.82) is 5.26 Å². The summed E-state index contributed by atoms with van der Waals surface area (Å²) in [7, 11) is 1.70. The number of methoxy groups -OCH3 is 1. The minimum atomic E-state index is -0.0606. The van der Waals surface area contributed by atoms with Crippen LogP contribution in [0.15, 0.2) is 0 Å². The van der Waals surface area contributed by atoms with Gasteiger partial charge >= 0.3 is 0 Å². The zero-order chi connectivity index (χ0) is 10.6. The molecule has 0 bridgehead atoms. The molecule has 4 nitrogen and oxygen atoms in total. The molecule has 0 aromatic heterocycles. The summed E-state index contributed by atoms with van der Waals surface area (Å²) in [5.74, 6) is -0.0606. The van der Waals surface area contributed by atoms with Crippen molar-refractivity contribution in [3.8, 4) is 6.07 Å². The van der Waals surface area contributed by atoms with E-state index in [0.29, 0.717) is 6.54 Å². The molecular formula is C10H16N2O2. The molecule has 0 N–H and O–H groups in total. The molecule has 0 aromatic carbocycles. The van der Waals surface area contributed by atoms with Crippen LogP contribution in [0, 0.1) is 11.3 Å². The summed E-state index contributed by atoms with van der Waals surface area (Å²) in [4.78, 5) is 13.2. The van der Waals surface area contributed by atoms with Gasteiger partial charge in [0, 0.05) is 19.7 Å². The van der Waals surface area contributed by atoms with Gasteiger partial charge in [-0.25, -0.2) is 0 Å². The SMILES string of the molecule is CO[C@H]1CCN(C(=O)CC#N)[C@@H](C)C1. The van der Waals surface area contributed by atoms with E-state index in [9.17, 15) is 4.79 Å². The van der Waals surface area contributed by atoms with Crippen LogP contribution < -0.4 is 0 Å². The van der Waals surface area contributed by atoms with Gasteiger partial charge < -0.3 is 9.64 Å². The highest BCUT2D eigenvalue weighted by atomic mass is 16.5. The summed E-state index contributed by atoms with van der Waals surface area (Å²) in [5.41, 5.74) is 0. The van der Waals surface area contributed by atoms with Gasteiger partial charge in [0.1, 0.15) is 6.42 Å². The van der Waals surface area contributed by atoms with Gasteiger partial charge in [0.05, 0.1) is 12.2 Å². The van der Waals surface area contributed by atoms with Gasteiger partial charge in [-0.15, -0.1) is 0 Å². The summed E-state index contributed by atoms with van der Waals surface area (Å²) in [6.07, 6.45) is 1.99. The average Bonchev–Trinajstić information content (AvgIpc) is 2.17. The number of likely N-dealkylation sites (tertiary alicyclic amines) is 1. The lowest BCUT2D eigenvalue weighted by molar-refractivity contribution is -0.135. The number of hydrogen-bond donors (Lipinski definition) is 0. The van der Waals surface area contributed by atoms with Gasteiger partial charge in [0.15, 0.2) is 0 Å². The highest BCUT2D eigenvalue weighted by Crippen LogP contribution is 2.19. The normalized spacial score (nSPS) is 27.1. The zero-order valence-corrected chi connectivity index (χ0v) is 8.69. The molecular weight excluding hydrogens is 180 g/mol. The number of hydrogen-bond acceptors (Lipinski definition) is 3. The van der Waals surface area contributed by atoms with Gasteiger partial charge in [-0.3, -0.25) is 4.79 Å². The summed E-state index contributed by atoms with van der Waals surface area (Å²) in [5, 5.41) is 8.43. The largest absolute Gasteiger partial charge is 0.381 e. The molecule has 1 amide bonds. The second kappa shape index (κ2) is 4.97. The van der Waals surface area contributed by atoms with E-state index in [-0.39, 0.29) is 24.5 Å². The van der Waals surface area contributed by atoms with Gasteiger partial charge in [-0.2, -0.15) is 5.26 Å². The first-order valence-electron chi connectivity index (χ1n) is 4.88. The van der Waals surface area contributed by atoms with Crippen molar-refractivity contribution in [2.75, 3.05) is 13.7 Å². The van der Waals surface area contributed by atoms with Crippen molar-refractivity contribution >= 4 is 5.91 Å².